The Balaban J connectivity index is 1.45. The number of halogens is 1. The minimum atomic E-state index is -4.23. The first kappa shape index (κ1) is 23.5. The maximum absolute atomic E-state index is 12.9. The molecule has 4 rings (SSSR count). The van der Waals surface area contributed by atoms with Gasteiger partial charge in [0.1, 0.15) is 16.1 Å². The molecule has 0 radical (unpaired) electrons. The number of hydrogen-bond donors (Lipinski definition) is 4. The van der Waals surface area contributed by atoms with Gasteiger partial charge >= 0.3 is 6.03 Å². The summed E-state index contributed by atoms with van der Waals surface area (Å²) in [6.07, 6.45) is 4.25. The lowest BCUT2D eigenvalue weighted by Crippen LogP contribution is -2.28. The predicted molar refractivity (Wildman–Crippen MR) is 127 cm³/mol. The van der Waals surface area contributed by atoms with Crippen LogP contribution in [0.2, 0.25) is 5.02 Å². The minimum absolute atomic E-state index is 0.0277. The van der Waals surface area contributed by atoms with Gasteiger partial charge in [-0.05, 0) is 48.0 Å². The number of rotatable bonds is 6. The number of carbonyl (C=O) groups is 1. The van der Waals surface area contributed by atoms with E-state index >= 15 is 0 Å². The van der Waals surface area contributed by atoms with Crippen LogP contribution in [0.25, 0.3) is 0 Å². The fourth-order valence-corrected chi connectivity index (χ4v) is 5.63. The molecular weight excluding hydrogens is 504 g/mol. The number of amides is 2. The van der Waals surface area contributed by atoms with E-state index in [1.807, 2.05) is 6.07 Å². The number of hydrogen-bond acceptors (Lipinski definition) is 7. The highest BCUT2D eigenvalue weighted by Gasteiger charge is 2.27. The molecule has 34 heavy (non-hydrogen) atoms. The molecule has 0 saturated heterocycles. The van der Waals surface area contributed by atoms with E-state index in [0.29, 0.717) is 5.69 Å². The van der Waals surface area contributed by atoms with Crippen LogP contribution in [-0.2, 0) is 26.6 Å². The minimum Gasteiger partial charge on any atom is -0.334 e. The van der Waals surface area contributed by atoms with Crippen molar-refractivity contribution in [2.24, 2.45) is 4.99 Å². The summed E-state index contributed by atoms with van der Waals surface area (Å²) in [5, 5.41) is 5.12. The molecule has 0 unspecified atom stereocenters. The van der Waals surface area contributed by atoms with Crippen molar-refractivity contribution in [2.75, 3.05) is 10.0 Å². The molecule has 2 heterocycles. The molecule has 4 N–H and O–H groups in total. The summed E-state index contributed by atoms with van der Waals surface area (Å²) in [5.41, 5.74) is 1.46. The second-order valence-electron chi connectivity index (χ2n) is 6.98. The number of sulfonamides is 2. The van der Waals surface area contributed by atoms with Gasteiger partial charge in [0, 0.05) is 30.3 Å². The third-order valence-corrected chi connectivity index (χ3v) is 7.74. The average Bonchev–Trinajstić information content (AvgIpc) is 2.79. The lowest BCUT2D eigenvalue weighted by molar-refractivity contribution is 0.251. The van der Waals surface area contributed by atoms with Crippen LogP contribution in [0, 0.1) is 0 Å². The van der Waals surface area contributed by atoms with Gasteiger partial charge in [0.2, 0.25) is 0 Å². The van der Waals surface area contributed by atoms with E-state index in [-0.39, 0.29) is 27.8 Å². The lowest BCUT2D eigenvalue weighted by atomic mass is 10.3. The first-order chi connectivity index (χ1) is 16.1. The number of carbonyl (C=O) groups excluding carboxylic acids is 1. The summed E-state index contributed by atoms with van der Waals surface area (Å²) in [7, 11) is -8.19. The van der Waals surface area contributed by atoms with Crippen molar-refractivity contribution in [2.45, 2.75) is 16.3 Å². The highest BCUT2D eigenvalue weighted by molar-refractivity contribution is 7.93. The molecular formula is C20H17ClN6O5S2. The number of nitrogens with zero attached hydrogens (tertiary/aromatic N) is 2. The number of anilines is 2. The third kappa shape index (κ3) is 5.27. The number of fused-ring (bicyclic) bond motifs is 1. The van der Waals surface area contributed by atoms with E-state index in [0.717, 1.165) is 24.0 Å². The first-order valence-corrected chi connectivity index (χ1v) is 12.9. The standard InChI is InChI=1S/C20H17ClN6O5S2/c21-16-8-17-19(33(29,30)25-12-24-17)9-18(16)34(31,32)27-15-5-3-14(4-6-15)26-20(28)23-11-13-2-1-7-22-10-13/h1-10,12,27H,11H2,(H,24,25)(H2,23,26,28). The van der Waals surface area contributed by atoms with Crippen LogP contribution in [-0.4, -0.2) is 34.2 Å². The Labute approximate surface area is 200 Å². The van der Waals surface area contributed by atoms with Crippen molar-refractivity contribution in [3.8, 4) is 0 Å². The molecule has 2 amide bonds. The van der Waals surface area contributed by atoms with Gasteiger partial charge in [-0.1, -0.05) is 17.7 Å². The number of benzene rings is 2. The Hall–Kier alpha value is -3.68. The summed E-state index contributed by atoms with van der Waals surface area (Å²) in [5.74, 6) is 0. The number of nitrogens with one attached hydrogen (secondary N) is 4. The molecule has 0 bridgehead atoms. The Morgan fingerprint density at radius 2 is 1.82 bits per heavy atom. The highest BCUT2D eigenvalue weighted by Crippen LogP contribution is 2.35. The molecule has 1 aliphatic rings. The van der Waals surface area contributed by atoms with Crippen molar-refractivity contribution in [3.05, 3.63) is 71.5 Å². The van der Waals surface area contributed by atoms with Gasteiger partial charge in [0.05, 0.1) is 10.7 Å². The number of aliphatic imine (C=N–C) groups is 1. The summed E-state index contributed by atoms with van der Waals surface area (Å²) in [6, 6.07) is 11.1. The quantitative estimate of drug-likeness (QED) is 0.391. The largest absolute Gasteiger partial charge is 0.334 e. The Morgan fingerprint density at radius 3 is 2.53 bits per heavy atom. The summed E-state index contributed by atoms with van der Waals surface area (Å²) >= 11 is 6.09. The van der Waals surface area contributed by atoms with E-state index in [2.05, 4.69) is 30.1 Å². The maximum Gasteiger partial charge on any atom is 0.319 e. The second kappa shape index (κ2) is 9.29. The zero-order valence-electron chi connectivity index (χ0n) is 17.2. The molecule has 0 atom stereocenters. The van der Waals surface area contributed by atoms with Gasteiger partial charge < -0.3 is 10.6 Å². The first-order valence-electron chi connectivity index (χ1n) is 9.59. The number of urea groups is 1. The molecule has 14 heteroatoms. The highest BCUT2D eigenvalue weighted by atomic mass is 35.5. The number of pyridine rings is 1. The third-order valence-electron chi connectivity index (χ3n) is 4.57. The molecule has 0 spiro atoms. The molecule has 1 aliphatic heterocycles. The average molecular weight is 521 g/mol. The lowest BCUT2D eigenvalue weighted by Gasteiger charge is -2.15. The van der Waals surface area contributed by atoms with E-state index in [1.54, 1.807) is 18.5 Å². The van der Waals surface area contributed by atoms with Crippen LogP contribution < -0.4 is 20.1 Å². The maximum atomic E-state index is 12.9. The zero-order valence-corrected chi connectivity index (χ0v) is 19.6. The molecule has 0 fully saturated rings. The monoisotopic (exact) mass is 520 g/mol. The van der Waals surface area contributed by atoms with E-state index in [4.69, 9.17) is 11.6 Å². The zero-order chi connectivity index (χ0) is 24.3. The Kier molecular flexibility index (Phi) is 6.41. The van der Waals surface area contributed by atoms with E-state index < -0.39 is 31.0 Å². The van der Waals surface area contributed by atoms with Gasteiger partial charge in [-0.25, -0.2) is 26.6 Å². The topological polar surface area (TPSA) is 159 Å². The molecule has 1 aromatic heterocycles. The van der Waals surface area contributed by atoms with Crippen molar-refractivity contribution < 1.29 is 21.6 Å². The summed E-state index contributed by atoms with van der Waals surface area (Å²) in [6.45, 7) is 0.287. The van der Waals surface area contributed by atoms with Gasteiger partial charge in [-0.3, -0.25) is 14.4 Å². The van der Waals surface area contributed by atoms with Crippen molar-refractivity contribution in [1.29, 1.82) is 0 Å². The molecule has 0 aliphatic carbocycles. The van der Waals surface area contributed by atoms with Gasteiger partial charge in [0.15, 0.2) is 0 Å². The Bertz CT molecular complexity index is 1480. The smallest absolute Gasteiger partial charge is 0.319 e. The fourth-order valence-electron chi connectivity index (χ4n) is 2.97. The Morgan fingerprint density at radius 1 is 1.09 bits per heavy atom. The van der Waals surface area contributed by atoms with Crippen LogP contribution in [0.5, 0.6) is 0 Å². The van der Waals surface area contributed by atoms with Crippen LogP contribution in [0.1, 0.15) is 5.56 Å². The van der Waals surface area contributed by atoms with Crippen LogP contribution in [0.3, 0.4) is 0 Å². The predicted octanol–water partition coefficient (Wildman–Crippen LogP) is 2.81. The van der Waals surface area contributed by atoms with Crippen LogP contribution in [0.15, 0.2) is 75.7 Å². The second-order valence-corrected chi connectivity index (χ2v) is 10.7. The van der Waals surface area contributed by atoms with Gasteiger partial charge in [0.25, 0.3) is 20.0 Å². The molecule has 2 aromatic carbocycles. The summed E-state index contributed by atoms with van der Waals surface area (Å²) in [4.78, 5) is 19.2. The molecule has 0 saturated carbocycles. The van der Waals surface area contributed by atoms with Crippen molar-refractivity contribution in [1.82, 2.24) is 15.0 Å². The van der Waals surface area contributed by atoms with Crippen molar-refractivity contribution in [3.63, 3.8) is 0 Å². The van der Waals surface area contributed by atoms with Crippen LogP contribution in [0.4, 0.5) is 21.9 Å². The fraction of sp³-hybridized carbons (Fsp3) is 0.0500. The molecule has 11 nitrogen and oxygen atoms in total. The molecule has 3 aromatic rings. The van der Waals surface area contributed by atoms with Crippen molar-refractivity contribution >= 4 is 61.1 Å². The van der Waals surface area contributed by atoms with E-state index in [9.17, 15) is 21.6 Å². The van der Waals surface area contributed by atoms with Gasteiger partial charge in [-0.15, -0.1) is 0 Å². The van der Waals surface area contributed by atoms with Gasteiger partial charge in [-0.2, -0.15) is 0 Å². The van der Waals surface area contributed by atoms with Crippen LogP contribution >= 0.6 is 11.6 Å². The normalized spacial score (nSPS) is 13.9. The molecule has 176 valence electrons. The van der Waals surface area contributed by atoms with E-state index in [1.165, 1.54) is 24.3 Å². The number of aromatic nitrogens is 1. The SMILES string of the molecule is O=C(NCc1cccnc1)Nc1ccc(NS(=O)(=O)c2cc3c(cc2Cl)N=CNS3(=O)=O)cc1. The summed E-state index contributed by atoms with van der Waals surface area (Å²) < 4.78 is 54.5.